The fraction of sp³-hybridized carbons (Fsp3) is 0.286. The molecular weight excluding hydrogens is 528 g/mol. The number of nitrogens with one attached hydrogen (secondary N) is 1. The molecule has 0 heterocycles. The number of halogens is 2. The molecule has 0 saturated heterocycles. The van der Waals surface area contributed by atoms with Crippen LogP contribution < -0.4 is 10.1 Å². The molecule has 0 aliphatic carbocycles. The van der Waals surface area contributed by atoms with Crippen molar-refractivity contribution in [1.29, 1.82) is 0 Å². The normalized spacial score (nSPS) is 12.0. The number of benzene rings is 3. The Labute approximate surface area is 220 Å². The van der Waals surface area contributed by atoms with Gasteiger partial charge in [-0.1, -0.05) is 70.0 Å². The van der Waals surface area contributed by atoms with Gasteiger partial charge in [0.1, 0.15) is 11.8 Å². The lowest BCUT2D eigenvalue weighted by Gasteiger charge is -2.33. The van der Waals surface area contributed by atoms with E-state index in [4.69, 9.17) is 16.3 Å². The molecule has 184 valence electrons. The molecule has 3 aromatic rings. The summed E-state index contributed by atoms with van der Waals surface area (Å²) in [6.45, 7) is 5.84. The van der Waals surface area contributed by atoms with Crippen LogP contribution in [0, 0.1) is 0 Å². The van der Waals surface area contributed by atoms with Gasteiger partial charge in [-0.15, -0.1) is 0 Å². The fourth-order valence-corrected chi connectivity index (χ4v) is 3.94. The van der Waals surface area contributed by atoms with Crippen molar-refractivity contribution in [3.05, 3.63) is 99.5 Å². The summed E-state index contributed by atoms with van der Waals surface area (Å²) in [6, 6.07) is 23.5. The lowest BCUT2D eigenvalue weighted by Crippen LogP contribution is -2.55. The molecule has 3 rings (SSSR count). The van der Waals surface area contributed by atoms with Crippen molar-refractivity contribution < 1.29 is 14.3 Å². The van der Waals surface area contributed by atoms with Crippen LogP contribution in [0.4, 0.5) is 0 Å². The minimum Gasteiger partial charge on any atom is -0.484 e. The zero-order valence-electron chi connectivity index (χ0n) is 20.1. The van der Waals surface area contributed by atoms with E-state index in [9.17, 15) is 9.59 Å². The van der Waals surface area contributed by atoms with E-state index in [1.54, 1.807) is 29.2 Å². The third-order valence-electron chi connectivity index (χ3n) is 5.21. The van der Waals surface area contributed by atoms with Crippen LogP contribution >= 0.6 is 27.5 Å². The molecule has 0 bridgehead atoms. The Morgan fingerprint density at radius 2 is 1.57 bits per heavy atom. The third-order valence-corrected chi connectivity index (χ3v) is 5.99. The molecule has 0 aliphatic heterocycles. The second-order valence-corrected chi connectivity index (χ2v) is 10.7. The molecule has 2 amide bonds. The van der Waals surface area contributed by atoms with E-state index >= 15 is 0 Å². The van der Waals surface area contributed by atoms with Gasteiger partial charge in [0.05, 0.1) is 0 Å². The quantitative estimate of drug-likeness (QED) is 0.349. The summed E-state index contributed by atoms with van der Waals surface area (Å²) in [6.07, 6.45) is 0.381. The van der Waals surface area contributed by atoms with Gasteiger partial charge in [-0.05, 0) is 68.3 Å². The number of hydrogen-bond donors (Lipinski definition) is 1. The Balaban J connectivity index is 1.91. The molecule has 0 spiro atoms. The highest BCUT2D eigenvalue weighted by Gasteiger charge is 2.32. The van der Waals surface area contributed by atoms with Crippen molar-refractivity contribution >= 4 is 39.3 Å². The number of carbonyl (C=O) groups is 2. The number of amides is 2. The van der Waals surface area contributed by atoms with E-state index in [2.05, 4.69) is 21.2 Å². The predicted molar refractivity (Wildman–Crippen MR) is 143 cm³/mol. The van der Waals surface area contributed by atoms with Gasteiger partial charge in [0.25, 0.3) is 5.91 Å². The number of carbonyl (C=O) groups excluding carboxylic acids is 2. The Morgan fingerprint density at radius 1 is 0.943 bits per heavy atom. The number of hydrogen-bond acceptors (Lipinski definition) is 3. The fourth-order valence-electron chi connectivity index (χ4n) is 3.55. The highest BCUT2D eigenvalue weighted by atomic mass is 79.9. The van der Waals surface area contributed by atoms with E-state index in [-0.39, 0.29) is 25.0 Å². The highest BCUT2D eigenvalue weighted by Crippen LogP contribution is 2.19. The standard InChI is InChI=1S/C28H30BrClN2O3/c1-28(2,3)31-27(34)25(17-20-7-5-4-6-8-20)32(18-21-9-11-22(29)12-10-21)26(33)19-35-24-15-13-23(30)14-16-24/h4-16,25H,17-19H2,1-3H3,(H,31,34)/t25-/m1/s1. The number of ether oxygens (including phenoxy) is 1. The lowest BCUT2D eigenvalue weighted by atomic mass is 10.0. The van der Waals surface area contributed by atoms with Crippen molar-refractivity contribution in [3.63, 3.8) is 0 Å². The molecule has 0 aliphatic rings. The molecule has 0 fully saturated rings. The van der Waals surface area contributed by atoms with Crippen molar-refractivity contribution in [1.82, 2.24) is 10.2 Å². The summed E-state index contributed by atoms with van der Waals surface area (Å²) in [5.74, 6) is 0.0382. The minimum atomic E-state index is -0.721. The molecule has 0 radical (unpaired) electrons. The molecule has 0 aromatic heterocycles. The summed E-state index contributed by atoms with van der Waals surface area (Å²) in [5, 5.41) is 3.64. The zero-order valence-corrected chi connectivity index (χ0v) is 22.5. The van der Waals surface area contributed by atoms with Gasteiger partial charge in [-0.25, -0.2) is 0 Å². The van der Waals surface area contributed by atoms with Crippen LogP contribution in [0.25, 0.3) is 0 Å². The molecular formula is C28H30BrClN2O3. The van der Waals surface area contributed by atoms with Crippen molar-refractivity contribution in [2.24, 2.45) is 0 Å². The maximum atomic E-state index is 13.5. The first-order chi connectivity index (χ1) is 16.6. The lowest BCUT2D eigenvalue weighted by molar-refractivity contribution is -0.143. The van der Waals surface area contributed by atoms with E-state index in [0.717, 1.165) is 15.6 Å². The van der Waals surface area contributed by atoms with Crippen LogP contribution in [-0.4, -0.2) is 34.9 Å². The first kappa shape index (κ1) is 26.8. The van der Waals surface area contributed by atoms with Crippen LogP contribution in [0.15, 0.2) is 83.3 Å². The average Bonchev–Trinajstić information content (AvgIpc) is 2.81. The van der Waals surface area contributed by atoms with Crippen LogP contribution in [0.2, 0.25) is 5.02 Å². The molecule has 1 atom stereocenters. The zero-order chi connectivity index (χ0) is 25.4. The van der Waals surface area contributed by atoms with Gasteiger partial charge in [-0.3, -0.25) is 9.59 Å². The van der Waals surface area contributed by atoms with Gasteiger partial charge in [0.15, 0.2) is 6.61 Å². The summed E-state index contributed by atoms with van der Waals surface area (Å²) in [7, 11) is 0. The smallest absolute Gasteiger partial charge is 0.261 e. The highest BCUT2D eigenvalue weighted by molar-refractivity contribution is 9.10. The Bertz CT molecular complexity index is 1110. The molecule has 0 saturated carbocycles. The first-order valence-corrected chi connectivity index (χ1v) is 12.6. The SMILES string of the molecule is CC(C)(C)NC(=O)[C@@H](Cc1ccccc1)N(Cc1ccc(Br)cc1)C(=O)COc1ccc(Cl)cc1. The monoisotopic (exact) mass is 556 g/mol. The Morgan fingerprint density at radius 3 is 2.17 bits per heavy atom. The van der Waals surface area contributed by atoms with Crippen molar-refractivity contribution in [2.45, 2.75) is 45.3 Å². The minimum absolute atomic E-state index is 0.202. The molecule has 5 nitrogen and oxygen atoms in total. The van der Waals surface area contributed by atoms with Gasteiger partial charge >= 0.3 is 0 Å². The maximum Gasteiger partial charge on any atom is 0.261 e. The van der Waals surface area contributed by atoms with Crippen molar-refractivity contribution in [3.8, 4) is 5.75 Å². The van der Waals surface area contributed by atoms with Gasteiger partial charge < -0.3 is 15.0 Å². The molecule has 7 heteroatoms. The van der Waals surface area contributed by atoms with Gasteiger partial charge in [0, 0.05) is 28.0 Å². The van der Waals surface area contributed by atoms with Crippen molar-refractivity contribution in [2.75, 3.05) is 6.61 Å². The molecule has 3 aromatic carbocycles. The maximum absolute atomic E-state index is 13.5. The molecule has 35 heavy (non-hydrogen) atoms. The second-order valence-electron chi connectivity index (χ2n) is 9.34. The first-order valence-electron chi connectivity index (χ1n) is 11.4. The second kappa shape index (κ2) is 12.2. The number of nitrogens with zero attached hydrogens (tertiary/aromatic N) is 1. The summed E-state index contributed by atoms with van der Waals surface area (Å²) in [5.41, 5.74) is 1.43. The van der Waals surface area contributed by atoms with Crippen LogP contribution in [0.5, 0.6) is 5.75 Å². The van der Waals surface area contributed by atoms with E-state index in [0.29, 0.717) is 17.2 Å². The van der Waals surface area contributed by atoms with E-state index in [1.807, 2.05) is 75.4 Å². The van der Waals surface area contributed by atoms with Crippen LogP contribution in [0.3, 0.4) is 0 Å². The number of rotatable bonds is 9. The van der Waals surface area contributed by atoms with Gasteiger partial charge in [0.2, 0.25) is 5.91 Å². The summed E-state index contributed by atoms with van der Waals surface area (Å²) in [4.78, 5) is 28.6. The van der Waals surface area contributed by atoms with E-state index in [1.165, 1.54) is 0 Å². The predicted octanol–water partition coefficient (Wildman–Crippen LogP) is 6.04. The third kappa shape index (κ3) is 8.71. The summed E-state index contributed by atoms with van der Waals surface area (Å²) >= 11 is 9.41. The molecule has 1 N–H and O–H groups in total. The topological polar surface area (TPSA) is 58.6 Å². The van der Waals surface area contributed by atoms with E-state index < -0.39 is 11.6 Å². The van der Waals surface area contributed by atoms with Crippen LogP contribution in [0.1, 0.15) is 31.9 Å². The molecule has 0 unspecified atom stereocenters. The summed E-state index contributed by atoms with van der Waals surface area (Å²) < 4.78 is 6.69. The van der Waals surface area contributed by atoms with Crippen LogP contribution in [-0.2, 0) is 22.6 Å². The van der Waals surface area contributed by atoms with Gasteiger partial charge in [-0.2, -0.15) is 0 Å². The Kier molecular flexibility index (Phi) is 9.35. The Hall–Kier alpha value is -2.83. The average molecular weight is 558 g/mol. The largest absolute Gasteiger partial charge is 0.484 e.